The Kier molecular flexibility index (Phi) is 3.93. The lowest BCUT2D eigenvalue weighted by Crippen LogP contribution is -2.34. The Labute approximate surface area is 139 Å². The molecule has 0 spiro atoms. The molecule has 0 aromatic rings. The van der Waals surface area contributed by atoms with Gasteiger partial charge in [0, 0.05) is 5.57 Å². The van der Waals surface area contributed by atoms with E-state index in [2.05, 4.69) is 32.6 Å². The smallest absolute Gasteiger partial charge is 0.194 e. The standard InChI is InChI=1S/C20H28O3/c1-12-8-10-19(4)13(2)6-7-15(14(19)3)17(22)18-20(5,23-18)11-9-16(12)21/h7-8,13,16,18,21H,3,6,9-11H2,1-2,4-5H3/b12-8-/t13-,16+,18+,19+,20-/m1/s1. The molecule has 1 saturated heterocycles. The lowest BCUT2D eigenvalue weighted by molar-refractivity contribution is -0.116. The molecule has 3 aliphatic rings. The van der Waals surface area contributed by atoms with Gasteiger partial charge in [0.2, 0.25) is 0 Å². The average Bonchev–Trinajstić information content (AvgIpc) is 3.19. The summed E-state index contributed by atoms with van der Waals surface area (Å²) in [6.07, 6.45) is 6.37. The molecule has 0 aromatic carbocycles. The molecule has 3 nitrogen and oxygen atoms in total. The fourth-order valence-corrected chi connectivity index (χ4v) is 3.91. The molecule has 0 amide bonds. The first kappa shape index (κ1) is 16.7. The van der Waals surface area contributed by atoms with E-state index in [-0.39, 0.29) is 17.3 Å². The van der Waals surface area contributed by atoms with Crippen LogP contribution in [0.4, 0.5) is 0 Å². The number of carbonyl (C=O) groups is 1. The Morgan fingerprint density at radius 3 is 2.74 bits per heavy atom. The zero-order valence-electron chi connectivity index (χ0n) is 14.7. The number of ether oxygens (including phenoxy) is 1. The van der Waals surface area contributed by atoms with Gasteiger partial charge in [-0.15, -0.1) is 0 Å². The molecule has 2 aliphatic carbocycles. The molecule has 0 aromatic heterocycles. The molecule has 1 heterocycles. The molecule has 0 saturated carbocycles. The van der Waals surface area contributed by atoms with E-state index >= 15 is 0 Å². The first-order valence-electron chi connectivity index (χ1n) is 8.66. The third-order valence-electron chi connectivity index (χ3n) is 6.45. The summed E-state index contributed by atoms with van der Waals surface area (Å²) in [7, 11) is 0. The van der Waals surface area contributed by atoms with E-state index in [1.165, 1.54) is 0 Å². The third-order valence-corrected chi connectivity index (χ3v) is 6.45. The number of Topliss-reactive ketones (excluding diaryl/α,β-unsaturated/α-hetero) is 1. The number of epoxide rings is 1. The zero-order valence-corrected chi connectivity index (χ0v) is 14.7. The zero-order chi connectivity index (χ0) is 17.0. The second-order valence-electron chi connectivity index (χ2n) is 8.03. The highest BCUT2D eigenvalue weighted by Crippen LogP contribution is 2.51. The van der Waals surface area contributed by atoms with E-state index in [0.29, 0.717) is 18.8 Å². The van der Waals surface area contributed by atoms with Crippen LogP contribution in [-0.4, -0.2) is 28.7 Å². The predicted molar refractivity (Wildman–Crippen MR) is 91.0 cm³/mol. The highest BCUT2D eigenvalue weighted by atomic mass is 16.6. The van der Waals surface area contributed by atoms with Crippen LogP contribution in [0.25, 0.3) is 0 Å². The molecule has 0 unspecified atom stereocenters. The molecular formula is C20H28O3. The van der Waals surface area contributed by atoms with Crippen LogP contribution >= 0.6 is 0 Å². The van der Waals surface area contributed by atoms with Gasteiger partial charge in [0.25, 0.3) is 0 Å². The van der Waals surface area contributed by atoms with E-state index in [1.54, 1.807) is 0 Å². The minimum Gasteiger partial charge on any atom is -0.389 e. The largest absolute Gasteiger partial charge is 0.389 e. The maximum Gasteiger partial charge on any atom is 0.194 e. The van der Waals surface area contributed by atoms with E-state index in [4.69, 9.17) is 4.74 Å². The van der Waals surface area contributed by atoms with Gasteiger partial charge in [0.1, 0.15) is 11.7 Å². The Balaban J connectivity index is 2.02. The van der Waals surface area contributed by atoms with Crippen molar-refractivity contribution in [3.63, 3.8) is 0 Å². The Morgan fingerprint density at radius 1 is 1.35 bits per heavy atom. The summed E-state index contributed by atoms with van der Waals surface area (Å²) >= 11 is 0. The molecule has 23 heavy (non-hydrogen) atoms. The average molecular weight is 316 g/mol. The van der Waals surface area contributed by atoms with E-state index in [9.17, 15) is 9.90 Å². The van der Waals surface area contributed by atoms with E-state index < -0.39 is 11.7 Å². The summed E-state index contributed by atoms with van der Waals surface area (Å²) in [6, 6.07) is 0. The van der Waals surface area contributed by atoms with Crippen LogP contribution in [0.15, 0.2) is 35.5 Å². The van der Waals surface area contributed by atoms with Crippen molar-refractivity contribution in [3.05, 3.63) is 35.5 Å². The van der Waals surface area contributed by atoms with Gasteiger partial charge < -0.3 is 9.84 Å². The Morgan fingerprint density at radius 2 is 2.04 bits per heavy atom. The van der Waals surface area contributed by atoms with Crippen LogP contribution in [0.3, 0.4) is 0 Å². The Hall–Kier alpha value is -1.19. The first-order chi connectivity index (χ1) is 10.7. The van der Waals surface area contributed by atoms with Crippen LogP contribution in [0.5, 0.6) is 0 Å². The van der Waals surface area contributed by atoms with Gasteiger partial charge in [0.15, 0.2) is 5.78 Å². The van der Waals surface area contributed by atoms with Crippen molar-refractivity contribution in [1.29, 1.82) is 0 Å². The van der Waals surface area contributed by atoms with Crippen molar-refractivity contribution in [3.8, 4) is 0 Å². The topological polar surface area (TPSA) is 49.8 Å². The number of aliphatic hydroxyl groups excluding tert-OH is 1. The fraction of sp³-hybridized carbons (Fsp3) is 0.650. The summed E-state index contributed by atoms with van der Waals surface area (Å²) in [5.41, 5.74) is 2.13. The molecule has 1 fully saturated rings. The van der Waals surface area contributed by atoms with E-state index in [1.807, 2.05) is 13.8 Å². The maximum atomic E-state index is 12.9. The highest BCUT2D eigenvalue weighted by Gasteiger charge is 2.58. The van der Waals surface area contributed by atoms with Crippen molar-refractivity contribution in [2.24, 2.45) is 11.3 Å². The Bertz CT molecular complexity index is 614. The maximum absolute atomic E-state index is 12.9. The number of rotatable bonds is 0. The van der Waals surface area contributed by atoms with Gasteiger partial charge in [-0.25, -0.2) is 0 Å². The minimum absolute atomic E-state index is 0.0754. The fourth-order valence-electron chi connectivity index (χ4n) is 3.91. The second-order valence-corrected chi connectivity index (χ2v) is 8.03. The van der Waals surface area contributed by atoms with Gasteiger partial charge in [-0.1, -0.05) is 32.6 Å². The molecule has 3 rings (SSSR count). The lowest BCUT2D eigenvalue weighted by atomic mass is 9.62. The quantitative estimate of drug-likeness (QED) is 0.547. The van der Waals surface area contributed by atoms with Crippen LogP contribution in [-0.2, 0) is 9.53 Å². The normalized spacial score (nSPS) is 46.7. The molecule has 3 heteroatoms. The van der Waals surface area contributed by atoms with Crippen LogP contribution in [0, 0.1) is 11.3 Å². The monoisotopic (exact) mass is 316 g/mol. The molecule has 1 aliphatic heterocycles. The van der Waals surface area contributed by atoms with E-state index in [0.717, 1.165) is 29.6 Å². The summed E-state index contributed by atoms with van der Waals surface area (Å²) in [5, 5.41) is 10.4. The first-order valence-corrected chi connectivity index (χ1v) is 8.66. The van der Waals surface area contributed by atoms with Crippen molar-refractivity contribution in [2.45, 2.75) is 71.2 Å². The van der Waals surface area contributed by atoms with Crippen molar-refractivity contribution < 1.29 is 14.6 Å². The number of aliphatic hydroxyl groups is 1. The lowest BCUT2D eigenvalue weighted by Gasteiger charge is -2.41. The number of hydrogen-bond donors (Lipinski definition) is 1. The van der Waals surface area contributed by atoms with Crippen LogP contribution < -0.4 is 0 Å². The number of carbonyl (C=O) groups excluding carboxylic acids is 1. The van der Waals surface area contributed by atoms with Gasteiger partial charge in [-0.05, 0) is 62.0 Å². The molecule has 5 atom stereocenters. The third kappa shape index (κ3) is 2.64. The SMILES string of the molecule is C=C1C2=CC[C@@H](C)[C@]1(C)C/C=C(/C)[C@@H](O)CC[C@@]1(C)O[C@H]1C2=O. The van der Waals surface area contributed by atoms with Crippen molar-refractivity contribution >= 4 is 5.78 Å². The van der Waals surface area contributed by atoms with Crippen molar-refractivity contribution in [1.82, 2.24) is 0 Å². The summed E-state index contributed by atoms with van der Waals surface area (Å²) in [6.45, 7) is 12.7. The number of fused-ring (bicyclic) bond motifs is 3. The van der Waals surface area contributed by atoms with Gasteiger partial charge in [0.05, 0.1) is 6.10 Å². The van der Waals surface area contributed by atoms with Crippen LogP contribution in [0.2, 0.25) is 0 Å². The number of hydrogen-bond acceptors (Lipinski definition) is 3. The minimum atomic E-state index is -0.461. The molecule has 2 bridgehead atoms. The van der Waals surface area contributed by atoms with Gasteiger partial charge >= 0.3 is 0 Å². The molecule has 1 N–H and O–H groups in total. The van der Waals surface area contributed by atoms with Crippen LogP contribution in [0.1, 0.15) is 53.4 Å². The predicted octanol–water partition coefficient (Wildman–Crippen LogP) is 3.73. The molecule has 126 valence electrons. The highest BCUT2D eigenvalue weighted by molar-refractivity contribution is 6.05. The summed E-state index contributed by atoms with van der Waals surface area (Å²) < 4.78 is 5.75. The molecular weight excluding hydrogens is 288 g/mol. The summed E-state index contributed by atoms with van der Waals surface area (Å²) in [5.74, 6) is 0.494. The summed E-state index contributed by atoms with van der Waals surface area (Å²) in [4.78, 5) is 12.9. The number of ketones is 1. The van der Waals surface area contributed by atoms with Gasteiger partial charge in [-0.3, -0.25) is 4.79 Å². The number of allylic oxidation sites excluding steroid dienone is 3. The second kappa shape index (κ2) is 5.42. The van der Waals surface area contributed by atoms with Crippen molar-refractivity contribution in [2.75, 3.05) is 0 Å². The van der Waals surface area contributed by atoms with Gasteiger partial charge in [-0.2, -0.15) is 0 Å². The molecule has 0 radical (unpaired) electrons.